The highest BCUT2D eigenvalue weighted by Crippen LogP contribution is 2.78. The van der Waals surface area contributed by atoms with Gasteiger partial charge >= 0.3 is 5.97 Å². The summed E-state index contributed by atoms with van der Waals surface area (Å²) >= 11 is 0. The van der Waals surface area contributed by atoms with E-state index in [4.69, 9.17) is 9.47 Å². The van der Waals surface area contributed by atoms with Crippen molar-refractivity contribution in [2.45, 2.75) is 109 Å². The van der Waals surface area contributed by atoms with Crippen LogP contribution in [0.4, 0.5) is 0 Å². The number of ether oxygens (including phenoxy) is 2. The van der Waals surface area contributed by atoms with Crippen molar-refractivity contribution in [3.05, 3.63) is 0 Å². The maximum absolute atomic E-state index is 12.9. The maximum Gasteiger partial charge on any atom is 0.303 e. The molecule has 1 heterocycles. The van der Waals surface area contributed by atoms with Gasteiger partial charge in [0.15, 0.2) is 11.4 Å². The van der Waals surface area contributed by atoms with E-state index in [0.29, 0.717) is 24.2 Å². The van der Waals surface area contributed by atoms with Gasteiger partial charge in [0, 0.05) is 24.2 Å². The number of hydrogen-bond acceptors (Lipinski definition) is 5. The van der Waals surface area contributed by atoms with E-state index in [9.17, 15) is 14.7 Å². The van der Waals surface area contributed by atoms with Crippen LogP contribution in [0.1, 0.15) is 86.0 Å². The Hall–Kier alpha value is -0.940. The molecular weight excluding hydrogens is 368 g/mol. The normalized spacial score (nSPS) is 57.7. The fraction of sp³-hybridized carbons (Fsp3) is 0.917. The van der Waals surface area contributed by atoms with E-state index in [1.54, 1.807) is 6.92 Å². The van der Waals surface area contributed by atoms with E-state index < -0.39 is 5.60 Å². The first-order chi connectivity index (χ1) is 13.4. The molecule has 1 aliphatic heterocycles. The minimum Gasteiger partial charge on any atom is -0.451 e. The molecule has 5 fully saturated rings. The molecule has 162 valence electrons. The van der Waals surface area contributed by atoms with Crippen molar-refractivity contribution in [2.75, 3.05) is 0 Å². The molecule has 1 spiro atoms. The van der Waals surface area contributed by atoms with E-state index in [2.05, 4.69) is 20.8 Å². The van der Waals surface area contributed by atoms with Crippen LogP contribution in [-0.2, 0) is 19.1 Å². The molecule has 1 saturated heterocycles. The molecule has 0 aromatic rings. The number of rotatable bonds is 2. The van der Waals surface area contributed by atoms with Crippen molar-refractivity contribution in [1.29, 1.82) is 0 Å². The summed E-state index contributed by atoms with van der Waals surface area (Å²) < 4.78 is 12.4. The van der Waals surface area contributed by atoms with E-state index >= 15 is 0 Å². The van der Waals surface area contributed by atoms with Crippen LogP contribution in [0.3, 0.4) is 0 Å². The maximum atomic E-state index is 12.9. The molecule has 5 heteroatoms. The monoisotopic (exact) mass is 404 g/mol. The predicted octanol–water partition coefficient (Wildman–Crippen LogP) is 3.80. The standard InChI is InChI=1S/C24H36O5/c1-14(25)23(28-15(2)26)11-8-18-17-13-22(5)24(29-22)12-16(27)6-9-21(24,4)19(17)7-10-20(18,23)3/h16-19,27H,6-13H2,1-5H3/t16-,17+,18-,19+,20-,21-,22+,23+,24+/m1/s1. The average Bonchev–Trinajstić information content (AvgIpc) is 3.09. The zero-order valence-electron chi connectivity index (χ0n) is 18.5. The van der Waals surface area contributed by atoms with Gasteiger partial charge < -0.3 is 14.6 Å². The first-order valence-corrected chi connectivity index (χ1v) is 11.5. The number of carbonyl (C=O) groups is 2. The number of Topliss-reactive ketones (excluding diaryl/α,β-unsaturated/α-hetero) is 1. The van der Waals surface area contributed by atoms with Crippen molar-refractivity contribution < 1.29 is 24.2 Å². The Morgan fingerprint density at radius 3 is 2.21 bits per heavy atom. The number of aliphatic hydroxyl groups is 1. The molecule has 29 heavy (non-hydrogen) atoms. The molecule has 0 aromatic carbocycles. The molecule has 9 atom stereocenters. The van der Waals surface area contributed by atoms with Crippen LogP contribution in [0.5, 0.6) is 0 Å². The fourth-order valence-electron chi connectivity index (χ4n) is 9.24. The third-order valence-electron chi connectivity index (χ3n) is 10.5. The summed E-state index contributed by atoms with van der Waals surface area (Å²) in [6.45, 7) is 9.88. The summed E-state index contributed by atoms with van der Waals surface area (Å²) in [4.78, 5) is 24.8. The lowest BCUT2D eigenvalue weighted by molar-refractivity contribution is -0.191. The van der Waals surface area contributed by atoms with E-state index in [1.165, 1.54) is 6.92 Å². The molecule has 0 unspecified atom stereocenters. The van der Waals surface area contributed by atoms with Gasteiger partial charge in [-0.2, -0.15) is 0 Å². The molecule has 5 rings (SSSR count). The first kappa shape index (κ1) is 20.0. The molecule has 0 radical (unpaired) electrons. The number of esters is 1. The smallest absolute Gasteiger partial charge is 0.303 e. The van der Waals surface area contributed by atoms with Crippen LogP contribution in [0.2, 0.25) is 0 Å². The summed E-state index contributed by atoms with van der Waals surface area (Å²) in [5, 5.41) is 10.4. The summed E-state index contributed by atoms with van der Waals surface area (Å²) in [7, 11) is 0. The number of ketones is 1. The van der Waals surface area contributed by atoms with Crippen molar-refractivity contribution in [1.82, 2.24) is 0 Å². The number of hydrogen-bond donors (Lipinski definition) is 1. The lowest BCUT2D eigenvalue weighted by Crippen LogP contribution is -2.63. The van der Waals surface area contributed by atoms with Crippen LogP contribution in [0.15, 0.2) is 0 Å². The van der Waals surface area contributed by atoms with Gasteiger partial charge in [-0.25, -0.2) is 0 Å². The molecule has 1 N–H and O–H groups in total. The van der Waals surface area contributed by atoms with Gasteiger partial charge in [0.25, 0.3) is 0 Å². The first-order valence-electron chi connectivity index (χ1n) is 11.5. The highest BCUT2D eigenvalue weighted by Gasteiger charge is 2.82. The zero-order chi connectivity index (χ0) is 21.0. The second-order valence-electron chi connectivity index (χ2n) is 11.5. The topological polar surface area (TPSA) is 76.1 Å². The number of carbonyl (C=O) groups excluding carboxylic acids is 2. The molecule has 5 aliphatic rings. The molecule has 4 saturated carbocycles. The van der Waals surface area contributed by atoms with E-state index in [-0.39, 0.29) is 39.9 Å². The SMILES string of the molecule is CC(=O)O[C@]1(C(C)=O)CC[C@@H]2[C@@H]3C[C@]4(C)O[C@]45C[C@H](O)CC[C@]5(C)[C@H]3CC[C@]21C. The second kappa shape index (κ2) is 5.64. The summed E-state index contributed by atoms with van der Waals surface area (Å²) in [5.41, 5.74) is -1.56. The lowest BCUT2D eigenvalue weighted by Gasteiger charge is -2.61. The summed E-state index contributed by atoms with van der Waals surface area (Å²) in [5.74, 6) is 1.04. The van der Waals surface area contributed by atoms with Crippen LogP contribution in [0.25, 0.3) is 0 Å². The van der Waals surface area contributed by atoms with Crippen LogP contribution < -0.4 is 0 Å². The van der Waals surface area contributed by atoms with Gasteiger partial charge in [-0.1, -0.05) is 13.8 Å². The van der Waals surface area contributed by atoms with Crippen molar-refractivity contribution in [3.8, 4) is 0 Å². The Bertz CT molecular complexity index is 779. The van der Waals surface area contributed by atoms with Gasteiger partial charge in [0.05, 0.1) is 11.7 Å². The zero-order valence-corrected chi connectivity index (χ0v) is 18.5. The van der Waals surface area contributed by atoms with Crippen molar-refractivity contribution in [2.24, 2.45) is 28.6 Å². The Morgan fingerprint density at radius 1 is 0.931 bits per heavy atom. The third-order valence-corrected chi connectivity index (χ3v) is 10.5. The minimum absolute atomic E-state index is 0.00203. The minimum atomic E-state index is -0.974. The predicted molar refractivity (Wildman–Crippen MR) is 107 cm³/mol. The molecule has 0 amide bonds. The van der Waals surface area contributed by atoms with Crippen molar-refractivity contribution >= 4 is 11.8 Å². The van der Waals surface area contributed by atoms with Gasteiger partial charge in [0.2, 0.25) is 0 Å². The molecule has 5 nitrogen and oxygen atoms in total. The van der Waals surface area contributed by atoms with Crippen LogP contribution in [0, 0.1) is 28.6 Å². The number of aliphatic hydroxyl groups excluding tert-OH is 1. The van der Waals surface area contributed by atoms with Crippen LogP contribution in [-0.4, -0.2) is 39.8 Å². The van der Waals surface area contributed by atoms with E-state index in [0.717, 1.165) is 44.9 Å². The third kappa shape index (κ3) is 2.14. The lowest BCUT2D eigenvalue weighted by atomic mass is 9.42. The Morgan fingerprint density at radius 2 is 1.55 bits per heavy atom. The summed E-state index contributed by atoms with van der Waals surface area (Å²) in [6, 6.07) is 0. The van der Waals surface area contributed by atoms with Gasteiger partial charge in [0.1, 0.15) is 5.60 Å². The molecular formula is C24H36O5. The molecule has 4 aliphatic carbocycles. The number of epoxide rings is 1. The Kier molecular flexibility index (Phi) is 3.89. The highest BCUT2D eigenvalue weighted by molar-refractivity contribution is 5.89. The van der Waals surface area contributed by atoms with E-state index in [1.807, 2.05) is 0 Å². The molecule has 0 bridgehead atoms. The largest absolute Gasteiger partial charge is 0.451 e. The Labute approximate surface area is 173 Å². The fourth-order valence-corrected chi connectivity index (χ4v) is 9.24. The van der Waals surface area contributed by atoms with Crippen LogP contribution >= 0.6 is 0 Å². The molecule has 0 aromatic heterocycles. The van der Waals surface area contributed by atoms with Gasteiger partial charge in [-0.15, -0.1) is 0 Å². The van der Waals surface area contributed by atoms with Gasteiger partial charge in [-0.3, -0.25) is 9.59 Å². The van der Waals surface area contributed by atoms with Gasteiger partial charge in [-0.05, 0) is 76.5 Å². The van der Waals surface area contributed by atoms with Crippen molar-refractivity contribution in [3.63, 3.8) is 0 Å². The summed E-state index contributed by atoms with van der Waals surface area (Å²) in [6.07, 6.45) is 6.90. The number of fused-ring (bicyclic) bond motifs is 4. The second-order valence-corrected chi connectivity index (χ2v) is 11.5. The highest BCUT2D eigenvalue weighted by atomic mass is 16.6. The Balaban J connectivity index is 1.54. The average molecular weight is 405 g/mol. The quantitative estimate of drug-likeness (QED) is 0.560.